The maximum atomic E-state index is 11.5. The average Bonchev–Trinajstić information content (AvgIpc) is 2.29. The first kappa shape index (κ1) is 13.4. The highest BCUT2D eigenvalue weighted by atomic mass is 16.5. The summed E-state index contributed by atoms with van der Waals surface area (Å²) in [6.07, 6.45) is -0.324. The lowest BCUT2D eigenvalue weighted by Crippen LogP contribution is -2.25. The molecule has 0 aliphatic heterocycles. The van der Waals surface area contributed by atoms with Gasteiger partial charge in [0.2, 0.25) is 5.78 Å². The fraction of sp³-hybridized carbons (Fsp3) is 0.385. The number of carbonyl (C=O) groups is 2. The Hall–Kier alpha value is -1.68. The van der Waals surface area contributed by atoms with E-state index in [1.165, 1.54) is 0 Å². The molecular weight excluding hydrogens is 218 g/mol. The van der Waals surface area contributed by atoms with Crippen molar-refractivity contribution in [2.75, 3.05) is 0 Å². The van der Waals surface area contributed by atoms with Crippen LogP contribution in [0.3, 0.4) is 0 Å². The third-order valence-corrected chi connectivity index (χ3v) is 2.20. The molecule has 92 valence electrons. The fourth-order valence-electron chi connectivity index (χ4n) is 1.38. The lowest BCUT2D eigenvalue weighted by molar-refractivity contribution is -0.156. The highest BCUT2D eigenvalue weighted by Gasteiger charge is 2.20. The third kappa shape index (κ3) is 4.36. The molecule has 0 heterocycles. The quantitative estimate of drug-likeness (QED) is 0.621. The summed E-state index contributed by atoms with van der Waals surface area (Å²) < 4.78 is 4.80. The van der Waals surface area contributed by atoms with Gasteiger partial charge in [0.15, 0.2) is 0 Å². The Morgan fingerprint density at radius 3 is 2.35 bits per heavy atom. The van der Waals surface area contributed by atoms with E-state index in [-0.39, 0.29) is 12.5 Å². The van der Waals surface area contributed by atoms with Crippen LogP contribution in [-0.4, -0.2) is 17.9 Å². The average molecular weight is 235 g/mol. The van der Waals surface area contributed by atoms with Crippen LogP contribution in [0.15, 0.2) is 30.3 Å². The zero-order chi connectivity index (χ0) is 12.8. The fourth-order valence-corrected chi connectivity index (χ4v) is 1.38. The molecule has 17 heavy (non-hydrogen) atoms. The van der Waals surface area contributed by atoms with Gasteiger partial charge in [0.1, 0.15) is 0 Å². The number of Topliss-reactive ketones (excluding diaryl/α,β-unsaturated/α-hetero) is 1. The molecule has 1 atom stereocenters. The topological polar surface area (TPSA) is 69.4 Å². The maximum Gasteiger partial charge on any atom is 0.374 e. The summed E-state index contributed by atoms with van der Waals surface area (Å²) in [5.41, 5.74) is 6.67. The number of rotatable bonds is 5. The minimum absolute atomic E-state index is 0.0322. The molecule has 0 saturated carbocycles. The molecule has 0 spiro atoms. The second-order valence-electron chi connectivity index (χ2n) is 4.10. The summed E-state index contributed by atoms with van der Waals surface area (Å²) in [6, 6.07) is 8.73. The van der Waals surface area contributed by atoms with Crippen LogP contribution in [0.2, 0.25) is 0 Å². The van der Waals surface area contributed by atoms with Crippen molar-refractivity contribution in [3.05, 3.63) is 35.9 Å². The van der Waals surface area contributed by atoms with Crippen LogP contribution in [0.25, 0.3) is 0 Å². The Kier molecular flexibility index (Phi) is 4.84. The lowest BCUT2D eigenvalue weighted by atomic mass is 10.0. The molecule has 0 aromatic heterocycles. The molecule has 1 rings (SSSR count). The van der Waals surface area contributed by atoms with Gasteiger partial charge in [-0.05, 0) is 19.4 Å². The van der Waals surface area contributed by atoms with E-state index in [0.717, 1.165) is 5.56 Å². The number of carbonyl (C=O) groups excluding carboxylic acids is 2. The zero-order valence-corrected chi connectivity index (χ0v) is 10.1. The monoisotopic (exact) mass is 235 g/mol. The van der Waals surface area contributed by atoms with E-state index in [0.29, 0.717) is 0 Å². The summed E-state index contributed by atoms with van der Waals surface area (Å²) in [4.78, 5) is 22.8. The smallest absolute Gasteiger partial charge is 0.374 e. The van der Waals surface area contributed by atoms with Gasteiger partial charge in [-0.15, -0.1) is 0 Å². The summed E-state index contributed by atoms with van der Waals surface area (Å²) in [5, 5.41) is 0. The van der Waals surface area contributed by atoms with Crippen molar-refractivity contribution in [3.8, 4) is 0 Å². The van der Waals surface area contributed by atoms with E-state index in [4.69, 9.17) is 10.5 Å². The second kappa shape index (κ2) is 6.15. The molecule has 1 aromatic carbocycles. The molecule has 2 N–H and O–H groups in total. The van der Waals surface area contributed by atoms with E-state index in [1.807, 2.05) is 30.3 Å². The molecular formula is C13H17NO3. The second-order valence-corrected chi connectivity index (χ2v) is 4.10. The van der Waals surface area contributed by atoms with Gasteiger partial charge >= 0.3 is 5.97 Å². The molecule has 0 aliphatic rings. The van der Waals surface area contributed by atoms with Gasteiger partial charge in [-0.2, -0.15) is 0 Å². The van der Waals surface area contributed by atoms with Crippen molar-refractivity contribution >= 4 is 11.8 Å². The molecule has 0 amide bonds. The van der Waals surface area contributed by atoms with E-state index >= 15 is 0 Å². The Bertz CT molecular complexity index is 387. The number of esters is 1. The Balaban J connectivity index is 2.55. The zero-order valence-electron chi connectivity index (χ0n) is 10.1. The molecule has 0 fully saturated rings. The van der Waals surface area contributed by atoms with Crippen LogP contribution < -0.4 is 5.73 Å². The van der Waals surface area contributed by atoms with Gasteiger partial charge in [-0.1, -0.05) is 30.3 Å². The highest BCUT2D eigenvalue weighted by molar-refractivity contribution is 6.33. The van der Waals surface area contributed by atoms with Crippen LogP contribution in [0, 0.1) is 0 Å². The minimum atomic E-state index is -0.814. The maximum absolute atomic E-state index is 11.5. The molecule has 4 nitrogen and oxygen atoms in total. The number of benzene rings is 1. The molecule has 1 aromatic rings. The molecule has 0 saturated heterocycles. The normalized spacial score (nSPS) is 12.2. The van der Waals surface area contributed by atoms with Gasteiger partial charge in [-0.25, -0.2) is 4.79 Å². The van der Waals surface area contributed by atoms with Gasteiger partial charge in [0, 0.05) is 12.5 Å². The molecule has 0 radical (unpaired) electrons. The Morgan fingerprint density at radius 1 is 1.24 bits per heavy atom. The van der Waals surface area contributed by atoms with E-state index in [1.54, 1.807) is 13.8 Å². The van der Waals surface area contributed by atoms with Crippen molar-refractivity contribution in [2.24, 2.45) is 5.73 Å². The van der Waals surface area contributed by atoms with E-state index < -0.39 is 17.8 Å². The van der Waals surface area contributed by atoms with Crippen molar-refractivity contribution in [3.63, 3.8) is 0 Å². The van der Waals surface area contributed by atoms with Crippen molar-refractivity contribution in [1.29, 1.82) is 0 Å². The van der Waals surface area contributed by atoms with Crippen molar-refractivity contribution in [2.45, 2.75) is 32.4 Å². The number of nitrogens with two attached hydrogens (primary N) is 1. The number of hydrogen-bond acceptors (Lipinski definition) is 4. The van der Waals surface area contributed by atoms with Crippen LogP contribution in [0.4, 0.5) is 0 Å². The number of ketones is 1. The van der Waals surface area contributed by atoms with Crippen molar-refractivity contribution in [1.82, 2.24) is 0 Å². The molecule has 1 unspecified atom stereocenters. The summed E-state index contributed by atoms with van der Waals surface area (Å²) in [7, 11) is 0. The van der Waals surface area contributed by atoms with E-state index in [2.05, 4.69) is 0 Å². The SMILES string of the molecule is CC(C)OC(=O)C(=O)CC(N)c1ccccc1. The number of hydrogen-bond donors (Lipinski definition) is 1. The third-order valence-electron chi connectivity index (χ3n) is 2.20. The van der Waals surface area contributed by atoms with Crippen LogP contribution in [-0.2, 0) is 14.3 Å². The van der Waals surface area contributed by atoms with Gasteiger partial charge in [0.05, 0.1) is 6.10 Å². The predicted molar refractivity (Wildman–Crippen MR) is 64.2 cm³/mol. The number of ether oxygens (including phenoxy) is 1. The first-order valence-electron chi connectivity index (χ1n) is 5.55. The van der Waals surface area contributed by atoms with Crippen LogP contribution >= 0.6 is 0 Å². The lowest BCUT2D eigenvalue weighted by Gasteiger charge is -2.11. The Morgan fingerprint density at radius 2 is 1.82 bits per heavy atom. The Labute approximate surface area is 101 Å². The highest BCUT2D eigenvalue weighted by Crippen LogP contribution is 2.13. The first-order chi connectivity index (χ1) is 8.00. The van der Waals surface area contributed by atoms with E-state index in [9.17, 15) is 9.59 Å². The van der Waals surface area contributed by atoms with Gasteiger partial charge in [0.25, 0.3) is 0 Å². The van der Waals surface area contributed by atoms with Gasteiger partial charge in [-0.3, -0.25) is 4.79 Å². The first-order valence-corrected chi connectivity index (χ1v) is 5.55. The molecule has 4 heteroatoms. The summed E-state index contributed by atoms with van der Waals surface area (Å²) in [6.45, 7) is 3.39. The summed E-state index contributed by atoms with van der Waals surface area (Å²) >= 11 is 0. The predicted octanol–water partition coefficient (Wildman–Crippen LogP) is 1.60. The largest absolute Gasteiger partial charge is 0.457 e. The van der Waals surface area contributed by atoms with Gasteiger partial charge < -0.3 is 10.5 Å². The molecule has 0 bridgehead atoms. The van der Waals surface area contributed by atoms with Crippen LogP contribution in [0.1, 0.15) is 31.9 Å². The molecule has 0 aliphatic carbocycles. The van der Waals surface area contributed by atoms with Crippen molar-refractivity contribution < 1.29 is 14.3 Å². The minimum Gasteiger partial charge on any atom is -0.457 e. The van der Waals surface area contributed by atoms with Crippen LogP contribution in [0.5, 0.6) is 0 Å². The summed E-state index contributed by atoms with van der Waals surface area (Å²) in [5.74, 6) is -1.40. The standard InChI is InChI=1S/C13H17NO3/c1-9(2)17-13(16)12(15)8-11(14)10-6-4-3-5-7-10/h3-7,9,11H,8,14H2,1-2H3.